The molecule has 4 nitrogen and oxygen atoms in total. The van der Waals surface area contributed by atoms with Gasteiger partial charge in [0.1, 0.15) is 0 Å². The van der Waals surface area contributed by atoms with Crippen LogP contribution in [-0.4, -0.2) is 26.2 Å². The Hall–Kier alpha value is -0.910. The van der Waals surface area contributed by atoms with E-state index in [1.54, 1.807) is 24.3 Å². The lowest BCUT2D eigenvalue weighted by atomic mass is 10.0. The third-order valence-electron chi connectivity index (χ3n) is 5.39. The molecule has 1 aromatic rings. The van der Waals surface area contributed by atoms with Gasteiger partial charge in [0.05, 0.1) is 17.6 Å². The first-order chi connectivity index (χ1) is 14.0. The number of unbranched alkanes of at least 4 members (excludes halogenated alkanes) is 11. The van der Waals surface area contributed by atoms with Crippen molar-refractivity contribution >= 4 is 10.1 Å². The van der Waals surface area contributed by atoms with Crippen LogP contribution in [0.5, 0.6) is 0 Å². The molecule has 1 N–H and O–H groups in total. The van der Waals surface area contributed by atoms with Gasteiger partial charge in [-0.15, -0.1) is 0 Å². The van der Waals surface area contributed by atoms with Crippen LogP contribution in [0.1, 0.15) is 102 Å². The van der Waals surface area contributed by atoms with Crippen LogP contribution in [0.3, 0.4) is 0 Å². The van der Waals surface area contributed by atoms with Crippen molar-refractivity contribution in [2.45, 2.75) is 115 Å². The third kappa shape index (κ3) is 13.1. The Bertz CT molecular complexity index is 610. The van der Waals surface area contributed by atoms with E-state index in [1.807, 2.05) is 6.92 Å². The maximum Gasteiger partial charge on any atom is 0.296 e. The normalized spacial score (nSPS) is 12.9. The van der Waals surface area contributed by atoms with Gasteiger partial charge in [-0.25, -0.2) is 0 Å². The number of hydrogen-bond donors (Lipinski definition) is 1. The molecular weight excluding hydrogens is 384 g/mol. The molecule has 168 valence electrons. The van der Waals surface area contributed by atoms with Crippen molar-refractivity contribution in [1.82, 2.24) is 0 Å². The number of aliphatic hydroxyl groups is 1. The zero-order valence-electron chi connectivity index (χ0n) is 18.6. The van der Waals surface area contributed by atoms with Crippen molar-refractivity contribution in [1.29, 1.82) is 0 Å². The molecular formula is C24H42O4S. The largest absolute Gasteiger partial charge is 0.393 e. The Morgan fingerprint density at radius 3 is 1.79 bits per heavy atom. The van der Waals surface area contributed by atoms with Crippen LogP contribution in [-0.2, 0) is 14.3 Å². The molecule has 0 aromatic heterocycles. The summed E-state index contributed by atoms with van der Waals surface area (Å²) in [6.45, 7) is 4.18. The Morgan fingerprint density at radius 2 is 1.28 bits per heavy atom. The van der Waals surface area contributed by atoms with E-state index < -0.39 is 16.2 Å². The molecule has 0 unspecified atom stereocenters. The van der Waals surface area contributed by atoms with Gasteiger partial charge in [-0.3, -0.25) is 4.18 Å². The monoisotopic (exact) mass is 426 g/mol. The fourth-order valence-corrected chi connectivity index (χ4v) is 4.35. The molecule has 0 radical (unpaired) electrons. The van der Waals surface area contributed by atoms with Crippen LogP contribution in [0.25, 0.3) is 0 Å². The van der Waals surface area contributed by atoms with Gasteiger partial charge in [-0.2, -0.15) is 8.42 Å². The predicted molar refractivity (Wildman–Crippen MR) is 121 cm³/mol. The summed E-state index contributed by atoms with van der Waals surface area (Å²) in [6, 6.07) is 6.60. The lowest BCUT2D eigenvalue weighted by Crippen LogP contribution is -2.14. The van der Waals surface area contributed by atoms with E-state index in [-0.39, 0.29) is 11.5 Å². The molecule has 1 rings (SSSR count). The van der Waals surface area contributed by atoms with Crippen LogP contribution < -0.4 is 0 Å². The van der Waals surface area contributed by atoms with Crippen molar-refractivity contribution in [3.63, 3.8) is 0 Å². The van der Waals surface area contributed by atoms with Gasteiger partial charge in [-0.05, 0) is 31.9 Å². The summed E-state index contributed by atoms with van der Waals surface area (Å²) in [7, 11) is -3.73. The second-order valence-electron chi connectivity index (χ2n) is 8.21. The maximum atomic E-state index is 12.1. The first kappa shape index (κ1) is 26.1. The second kappa shape index (κ2) is 15.9. The summed E-state index contributed by atoms with van der Waals surface area (Å²) in [6.07, 6.45) is 16.1. The second-order valence-corrected chi connectivity index (χ2v) is 9.82. The molecule has 0 aliphatic rings. The number of aliphatic hydroxyl groups excluding tert-OH is 1. The smallest absolute Gasteiger partial charge is 0.296 e. The summed E-state index contributed by atoms with van der Waals surface area (Å²) in [5.41, 5.74) is 1.00. The molecule has 1 aromatic carbocycles. The van der Waals surface area contributed by atoms with Crippen LogP contribution in [0.2, 0.25) is 0 Å². The van der Waals surface area contributed by atoms with Gasteiger partial charge in [0, 0.05) is 0 Å². The van der Waals surface area contributed by atoms with E-state index in [1.165, 1.54) is 64.2 Å². The number of aryl methyl sites for hydroxylation is 1. The maximum absolute atomic E-state index is 12.1. The standard InChI is InChI=1S/C24H42O4S/c1-3-4-5-6-7-8-9-10-11-12-13-14-15-23(25)20-21-28-29(26,27)24-18-16-22(2)17-19-24/h16-19,23,25H,3-15,20-21H2,1-2H3/t23-/m1/s1. The summed E-state index contributed by atoms with van der Waals surface area (Å²) in [5, 5.41) is 10.0. The minimum absolute atomic E-state index is 0.0234. The molecule has 1 atom stereocenters. The van der Waals surface area contributed by atoms with E-state index in [4.69, 9.17) is 4.18 Å². The van der Waals surface area contributed by atoms with Crippen LogP contribution >= 0.6 is 0 Å². The molecule has 5 heteroatoms. The third-order valence-corrected chi connectivity index (χ3v) is 6.72. The average molecular weight is 427 g/mol. The van der Waals surface area contributed by atoms with Gasteiger partial charge in [0.2, 0.25) is 0 Å². The zero-order valence-corrected chi connectivity index (χ0v) is 19.4. The highest BCUT2D eigenvalue weighted by atomic mass is 32.2. The molecule has 29 heavy (non-hydrogen) atoms. The molecule has 0 amide bonds. The summed E-state index contributed by atoms with van der Waals surface area (Å²) >= 11 is 0. The minimum Gasteiger partial charge on any atom is -0.393 e. The van der Waals surface area contributed by atoms with E-state index in [0.29, 0.717) is 12.8 Å². The summed E-state index contributed by atoms with van der Waals surface area (Å²) in [4.78, 5) is 0.165. The molecule has 0 bridgehead atoms. The van der Waals surface area contributed by atoms with Crippen molar-refractivity contribution < 1.29 is 17.7 Å². The zero-order chi connectivity index (χ0) is 21.4. The lowest BCUT2D eigenvalue weighted by molar-refractivity contribution is 0.129. The fraction of sp³-hybridized carbons (Fsp3) is 0.750. The molecule has 0 spiro atoms. The summed E-state index contributed by atoms with van der Waals surface area (Å²) in [5.74, 6) is 0. The average Bonchev–Trinajstić information content (AvgIpc) is 2.69. The first-order valence-electron chi connectivity index (χ1n) is 11.6. The van der Waals surface area contributed by atoms with Crippen LogP contribution in [0.4, 0.5) is 0 Å². The Morgan fingerprint density at radius 1 is 0.793 bits per heavy atom. The number of rotatable bonds is 18. The fourth-order valence-electron chi connectivity index (χ4n) is 3.43. The Kier molecular flexibility index (Phi) is 14.3. The molecule has 0 saturated heterocycles. The summed E-state index contributed by atoms with van der Waals surface area (Å²) < 4.78 is 29.2. The SMILES string of the molecule is CCCCCCCCCCCCCC[C@@H](O)CCOS(=O)(=O)c1ccc(C)cc1. The van der Waals surface area contributed by atoms with E-state index >= 15 is 0 Å². The molecule has 0 fully saturated rings. The quantitative estimate of drug-likeness (QED) is 0.214. The van der Waals surface area contributed by atoms with E-state index in [9.17, 15) is 13.5 Å². The van der Waals surface area contributed by atoms with Crippen LogP contribution in [0, 0.1) is 6.92 Å². The van der Waals surface area contributed by atoms with Crippen molar-refractivity contribution in [2.24, 2.45) is 0 Å². The molecule has 0 aliphatic carbocycles. The first-order valence-corrected chi connectivity index (χ1v) is 13.0. The topological polar surface area (TPSA) is 63.6 Å². The van der Waals surface area contributed by atoms with Crippen molar-refractivity contribution in [2.75, 3.05) is 6.61 Å². The highest BCUT2D eigenvalue weighted by molar-refractivity contribution is 7.86. The minimum atomic E-state index is -3.73. The highest BCUT2D eigenvalue weighted by Gasteiger charge is 2.15. The predicted octanol–water partition coefficient (Wildman–Crippen LogP) is 6.54. The van der Waals surface area contributed by atoms with Gasteiger partial charge in [0.15, 0.2) is 0 Å². The van der Waals surface area contributed by atoms with E-state index in [0.717, 1.165) is 18.4 Å². The Labute approximate surface area is 179 Å². The van der Waals surface area contributed by atoms with Gasteiger partial charge in [-0.1, -0.05) is 102 Å². The highest BCUT2D eigenvalue weighted by Crippen LogP contribution is 2.16. The van der Waals surface area contributed by atoms with Gasteiger partial charge in [0.25, 0.3) is 10.1 Å². The van der Waals surface area contributed by atoms with Crippen molar-refractivity contribution in [3.8, 4) is 0 Å². The van der Waals surface area contributed by atoms with Gasteiger partial charge >= 0.3 is 0 Å². The molecule has 0 aliphatic heterocycles. The molecule has 0 saturated carbocycles. The number of hydrogen-bond acceptors (Lipinski definition) is 4. The number of benzene rings is 1. The molecule has 0 heterocycles. The lowest BCUT2D eigenvalue weighted by Gasteiger charge is -2.11. The van der Waals surface area contributed by atoms with Crippen molar-refractivity contribution in [3.05, 3.63) is 29.8 Å². The van der Waals surface area contributed by atoms with Gasteiger partial charge < -0.3 is 5.11 Å². The van der Waals surface area contributed by atoms with Crippen LogP contribution in [0.15, 0.2) is 29.2 Å². The Balaban J connectivity index is 1.98. The van der Waals surface area contributed by atoms with E-state index in [2.05, 4.69) is 6.92 Å².